The van der Waals surface area contributed by atoms with Crippen LogP contribution in [-0.4, -0.2) is 14.3 Å². The van der Waals surface area contributed by atoms with E-state index in [2.05, 4.69) is 10.0 Å². The lowest BCUT2D eigenvalue weighted by molar-refractivity contribution is 0.102. The van der Waals surface area contributed by atoms with Crippen LogP contribution in [0.25, 0.3) is 0 Å². The van der Waals surface area contributed by atoms with E-state index in [9.17, 15) is 13.2 Å². The predicted molar refractivity (Wildman–Crippen MR) is 108 cm³/mol. The van der Waals surface area contributed by atoms with Crippen LogP contribution in [0.5, 0.6) is 0 Å². The number of nitrogens with one attached hydrogen (secondary N) is 2. The third kappa shape index (κ3) is 4.37. The highest BCUT2D eigenvalue weighted by atomic mass is 32.2. The third-order valence-electron chi connectivity index (χ3n) is 4.07. The topological polar surface area (TPSA) is 99.1 Å². The summed E-state index contributed by atoms with van der Waals surface area (Å²) in [6.07, 6.45) is 0. The number of amides is 1. The molecule has 0 heterocycles. The van der Waals surface area contributed by atoms with Gasteiger partial charge in [-0.15, -0.1) is 0 Å². The lowest BCUT2D eigenvalue weighted by Gasteiger charge is -2.11. The van der Waals surface area contributed by atoms with Gasteiger partial charge in [0.2, 0.25) is 0 Å². The molecule has 0 saturated heterocycles. The van der Waals surface area contributed by atoms with Crippen LogP contribution in [-0.2, 0) is 10.0 Å². The predicted octanol–water partition coefficient (Wildman–Crippen LogP) is 3.92. The number of carbonyl (C=O) groups is 1. The van der Waals surface area contributed by atoms with E-state index < -0.39 is 15.9 Å². The van der Waals surface area contributed by atoms with Crippen molar-refractivity contribution in [3.05, 3.63) is 89.5 Å². The molecule has 1 amide bonds. The smallest absolute Gasteiger partial charge is 0.261 e. The Labute approximate surface area is 163 Å². The first-order valence-electron chi connectivity index (χ1n) is 8.39. The minimum Gasteiger partial charge on any atom is -0.322 e. The van der Waals surface area contributed by atoms with Crippen molar-refractivity contribution in [3.8, 4) is 6.07 Å². The molecule has 0 bridgehead atoms. The molecular weight excluding hydrogens is 374 g/mol. The van der Waals surface area contributed by atoms with Crippen LogP contribution in [0.2, 0.25) is 0 Å². The van der Waals surface area contributed by atoms with Crippen molar-refractivity contribution in [2.24, 2.45) is 0 Å². The van der Waals surface area contributed by atoms with Crippen molar-refractivity contribution in [3.63, 3.8) is 0 Å². The fourth-order valence-electron chi connectivity index (χ4n) is 2.54. The molecule has 0 saturated carbocycles. The van der Waals surface area contributed by atoms with Gasteiger partial charge in [-0.25, -0.2) is 8.42 Å². The van der Waals surface area contributed by atoms with Gasteiger partial charge in [0, 0.05) is 16.9 Å². The second-order valence-electron chi connectivity index (χ2n) is 6.09. The molecule has 0 unspecified atom stereocenters. The summed E-state index contributed by atoms with van der Waals surface area (Å²) in [5, 5.41) is 11.6. The van der Waals surface area contributed by atoms with Gasteiger partial charge in [-0.3, -0.25) is 9.52 Å². The zero-order valence-electron chi connectivity index (χ0n) is 15.0. The van der Waals surface area contributed by atoms with Gasteiger partial charge in [0.05, 0.1) is 16.5 Å². The number of aryl methyl sites for hydroxylation is 1. The minimum atomic E-state index is -3.88. The average molecular weight is 391 g/mol. The number of hydrogen-bond acceptors (Lipinski definition) is 4. The first-order chi connectivity index (χ1) is 13.4. The number of nitriles is 1. The van der Waals surface area contributed by atoms with Crippen LogP contribution in [0.4, 0.5) is 11.4 Å². The fourth-order valence-corrected chi connectivity index (χ4v) is 3.64. The molecule has 0 aromatic heterocycles. The third-order valence-corrected chi connectivity index (χ3v) is 5.44. The maximum absolute atomic E-state index is 12.6. The first kappa shape index (κ1) is 19.1. The van der Waals surface area contributed by atoms with Gasteiger partial charge in [-0.05, 0) is 61.0 Å². The number of sulfonamides is 1. The average Bonchev–Trinajstić information content (AvgIpc) is 2.70. The number of anilines is 2. The molecule has 3 aromatic rings. The minimum absolute atomic E-state index is 0.0331. The normalized spacial score (nSPS) is 10.7. The monoisotopic (exact) mass is 391 g/mol. The van der Waals surface area contributed by atoms with E-state index in [-0.39, 0.29) is 10.5 Å². The van der Waals surface area contributed by atoms with Crippen LogP contribution in [0, 0.1) is 18.3 Å². The number of rotatable bonds is 5. The van der Waals surface area contributed by atoms with Crippen LogP contribution in [0.1, 0.15) is 21.5 Å². The lowest BCUT2D eigenvalue weighted by atomic mass is 10.1. The summed E-state index contributed by atoms with van der Waals surface area (Å²) < 4.78 is 27.7. The molecule has 0 aliphatic carbocycles. The number of para-hydroxylation sites is 1. The van der Waals surface area contributed by atoms with E-state index in [0.717, 1.165) is 5.56 Å². The highest BCUT2D eigenvalue weighted by Crippen LogP contribution is 2.19. The van der Waals surface area contributed by atoms with Crippen LogP contribution >= 0.6 is 0 Å². The molecular formula is C21H17N3O3S. The molecule has 3 rings (SSSR count). The summed E-state index contributed by atoms with van der Waals surface area (Å²) in [6, 6.07) is 21.1. The van der Waals surface area contributed by atoms with Crippen LogP contribution < -0.4 is 10.0 Å². The Morgan fingerprint density at radius 2 is 1.68 bits per heavy atom. The molecule has 2 N–H and O–H groups in total. The number of carbonyl (C=O) groups excluding carboxylic acids is 1. The highest BCUT2D eigenvalue weighted by Gasteiger charge is 2.17. The zero-order chi connectivity index (χ0) is 20.1. The molecule has 3 aromatic carbocycles. The molecule has 0 aliphatic rings. The van der Waals surface area contributed by atoms with Gasteiger partial charge in [0.25, 0.3) is 15.9 Å². The van der Waals surface area contributed by atoms with Crippen LogP contribution in [0.15, 0.2) is 77.7 Å². The van der Waals surface area contributed by atoms with E-state index in [1.54, 1.807) is 12.1 Å². The highest BCUT2D eigenvalue weighted by molar-refractivity contribution is 7.92. The van der Waals surface area contributed by atoms with Crippen molar-refractivity contribution >= 4 is 27.3 Å². The standard InChI is InChI=1S/C21H17N3O3S/c1-15-5-2-3-8-20(15)23-21(25)17-6-4-7-19(13-17)28(26,27)24-18-11-9-16(14-22)10-12-18/h2-13,24H,1H3,(H,23,25). The Balaban J connectivity index is 1.82. The first-order valence-corrected chi connectivity index (χ1v) is 9.87. The molecule has 0 atom stereocenters. The fraction of sp³-hybridized carbons (Fsp3) is 0.0476. The molecule has 0 fully saturated rings. The van der Waals surface area contributed by atoms with Crippen molar-refractivity contribution in [2.45, 2.75) is 11.8 Å². The lowest BCUT2D eigenvalue weighted by Crippen LogP contribution is -2.16. The molecule has 0 aliphatic heterocycles. The van der Waals surface area contributed by atoms with E-state index >= 15 is 0 Å². The van der Waals surface area contributed by atoms with E-state index in [4.69, 9.17) is 5.26 Å². The van der Waals surface area contributed by atoms with Crippen LogP contribution in [0.3, 0.4) is 0 Å². The summed E-state index contributed by atoms with van der Waals surface area (Å²) in [7, 11) is -3.88. The van der Waals surface area contributed by atoms with E-state index in [0.29, 0.717) is 16.9 Å². The Bertz CT molecular complexity index is 1160. The van der Waals surface area contributed by atoms with Gasteiger partial charge in [0.1, 0.15) is 0 Å². The summed E-state index contributed by atoms with van der Waals surface area (Å²) in [5.41, 5.74) is 2.55. The molecule has 0 radical (unpaired) electrons. The van der Waals surface area contributed by atoms with Crippen molar-refractivity contribution in [1.82, 2.24) is 0 Å². The van der Waals surface area contributed by atoms with Gasteiger partial charge in [-0.2, -0.15) is 5.26 Å². The SMILES string of the molecule is Cc1ccccc1NC(=O)c1cccc(S(=O)(=O)Nc2ccc(C#N)cc2)c1. The van der Waals surface area contributed by atoms with Crippen molar-refractivity contribution in [2.75, 3.05) is 10.0 Å². The Morgan fingerprint density at radius 3 is 2.36 bits per heavy atom. The van der Waals surface area contributed by atoms with Crippen molar-refractivity contribution in [1.29, 1.82) is 5.26 Å². The maximum atomic E-state index is 12.6. The Hall–Kier alpha value is -3.63. The molecule has 6 nitrogen and oxygen atoms in total. The molecule has 140 valence electrons. The summed E-state index contributed by atoms with van der Waals surface area (Å²) >= 11 is 0. The Kier molecular flexibility index (Phi) is 5.43. The summed E-state index contributed by atoms with van der Waals surface area (Å²) in [5.74, 6) is -0.398. The Morgan fingerprint density at radius 1 is 0.964 bits per heavy atom. The maximum Gasteiger partial charge on any atom is 0.261 e. The largest absolute Gasteiger partial charge is 0.322 e. The van der Waals surface area contributed by atoms with E-state index in [1.807, 2.05) is 31.2 Å². The molecule has 0 spiro atoms. The second kappa shape index (κ2) is 7.94. The number of nitrogens with zero attached hydrogens (tertiary/aromatic N) is 1. The van der Waals surface area contributed by atoms with Gasteiger partial charge < -0.3 is 5.32 Å². The van der Waals surface area contributed by atoms with Crippen molar-refractivity contribution < 1.29 is 13.2 Å². The number of benzene rings is 3. The number of hydrogen-bond donors (Lipinski definition) is 2. The zero-order valence-corrected chi connectivity index (χ0v) is 15.8. The summed E-state index contributed by atoms with van der Waals surface area (Å²) in [4.78, 5) is 12.5. The summed E-state index contributed by atoms with van der Waals surface area (Å²) in [6.45, 7) is 1.87. The van der Waals surface area contributed by atoms with E-state index in [1.165, 1.54) is 42.5 Å². The quantitative estimate of drug-likeness (QED) is 0.688. The van der Waals surface area contributed by atoms with Gasteiger partial charge >= 0.3 is 0 Å². The molecule has 7 heteroatoms. The molecule has 28 heavy (non-hydrogen) atoms. The van der Waals surface area contributed by atoms with Gasteiger partial charge in [-0.1, -0.05) is 24.3 Å². The van der Waals surface area contributed by atoms with Gasteiger partial charge in [0.15, 0.2) is 0 Å². The second-order valence-corrected chi connectivity index (χ2v) is 7.77.